The Morgan fingerprint density at radius 3 is 2.44 bits per heavy atom. The molecule has 1 aliphatic heterocycles. The fourth-order valence-electron chi connectivity index (χ4n) is 5.72. The highest BCUT2D eigenvalue weighted by Gasteiger charge is 2.49. The van der Waals surface area contributed by atoms with Gasteiger partial charge in [0.15, 0.2) is 0 Å². The lowest BCUT2D eigenvalue weighted by Gasteiger charge is -2.45. The largest absolute Gasteiger partial charge is 0.351 e. The Morgan fingerprint density at radius 1 is 1.03 bits per heavy atom. The van der Waals surface area contributed by atoms with Crippen LogP contribution >= 0.6 is 0 Å². The summed E-state index contributed by atoms with van der Waals surface area (Å²) in [6, 6.07) is 15.7. The van der Waals surface area contributed by atoms with Crippen LogP contribution < -0.4 is 10.6 Å². The summed E-state index contributed by atoms with van der Waals surface area (Å²) in [6.45, 7) is 5.94. The van der Waals surface area contributed by atoms with E-state index in [0.717, 1.165) is 47.7 Å². The van der Waals surface area contributed by atoms with Crippen LogP contribution in [-0.4, -0.2) is 38.8 Å². The maximum Gasteiger partial charge on any atom is 0.273 e. The predicted octanol–water partition coefficient (Wildman–Crippen LogP) is 4.77. The monoisotopic (exact) mass is 486 g/mol. The molecule has 0 saturated heterocycles. The first-order valence-corrected chi connectivity index (χ1v) is 12.9. The van der Waals surface area contributed by atoms with E-state index in [1.807, 2.05) is 66.9 Å². The number of aromatic nitrogens is 1. The Hall–Kier alpha value is -3.61. The number of para-hydroxylation sites is 1. The molecule has 3 amide bonds. The van der Waals surface area contributed by atoms with E-state index in [-0.39, 0.29) is 23.8 Å². The number of rotatable bonds is 5. The van der Waals surface area contributed by atoms with Gasteiger partial charge < -0.3 is 20.1 Å². The number of carbonyl (C=O) groups is 3. The van der Waals surface area contributed by atoms with Gasteiger partial charge in [-0.2, -0.15) is 0 Å². The molecule has 1 aromatic heterocycles. The van der Waals surface area contributed by atoms with Gasteiger partial charge in [-0.25, -0.2) is 0 Å². The number of hydrogen-bond acceptors (Lipinski definition) is 3. The van der Waals surface area contributed by atoms with Crippen molar-refractivity contribution in [3.05, 3.63) is 65.4 Å². The van der Waals surface area contributed by atoms with Gasteiger partial charge in [-0.05, 0) is 43.9 Å². The molecule has 1 atom stereocenters. The molecule has 5 rings (SSSR count). The third-order valence-corrected chi connectivity index (χ3v) is 7.80. The SMILES string of the molecule is CC(=O)Nc1c2n(c3ccccc13)C[C@](C)(C(=O)NC1CCCCC1)N(Cc1ccccc1C)C2=O. The lowest BCUT2D eigenvalue weighted by atomic mass is 9.90. The van der Waals surface area contributed by atoms with Crippen molar-refractivity contribution in [3.63, 3.8) is 0 Å². The van der Waals surface area contributed by atoms with Gasteiger partial charge in [-0.15, -0.1) is 0 Å². The van der Waals surface area contributed by atoms with E-state index in [9.17, 15) is 14.4 Å². The quantitative estimate of drug-likeness (QED) is 0.545. The van der Waals surface area contributed by atoms with Crippen LogP contribution in [0.5, 0.6) is 0 Å². The standard InChI is InChI=1S/C29H34N4O3/c1-19-11-7-8-12-21(19)17-33-27(35)26-25(30-20(2)34)23-15-9-10-16-24(23)32(26)18-29(33,3)28(36)31-22-13-5-4-6-14-22/h7-12,15-16,22H,4-6,13-14,17-18H2,1-3H3,(H,30,34)(H,31,36)/t29-/m1/s1. The summed E-state index contributed by atoms with van der Waals surface area (Å²) < 4.78 is 1.91. The molecule has 2 heterocycles. The molecule has 36 heavy (non-hydrogen) atoms. The zero-order valence-corrected chi connectivity index (χ0v) is 21.3. The molecule has 0 bridgehead atoms. The summed E-state index contributed by atoms with van der Waals surface area (Å²) >= 11 is 0. The molecule has 1 aliphatic carbocycles. The number of nitrogens with one attached hydrogen (secondary N) is 2. The number of benzene rings is 2. The highest BCUT2D eigenvalue weighted by Crippen LogP contribution is 2.39. The maximum atomic E-state index is 14.3. The number of amides is 3. The number of hydrogen-bond donors (Lipinski definition) is 2. The Kier molecular flexibility index (Phi) is 6.33. The van der Waals surface area contributed by atoms with E-state index in [1.165, 1.54) is 13.3 Å². The summed E-state index contributed by atoms with van der Waals surface area (Å²) in [6.07, 6.45) is 5.36. The average Bonchev–Trinajstić information content (AvgIpc) is 3.16. The molecule has 0 radical (unpaired) electrons. The minimum atomic E-state index is -1.10. The first-order chi connectivity index (χ1) is 17.3. The second kappa shape index (κ2) is 9.45. The molecule has 2 aromatic carbocycles. The van der Waals surface area contributed by atoms with Crippen LogP contribution in [0.25, 0.3) is 10.9 Å². The molecule has 1 fully saturated rings. The maximum absolute atomic E-state index is 14.3. The molecule has 2 aliphatic rings. The van der Waals surface area contributed by atoms with Crippen LogP contribution in [0.1, 0.15) is 67.6 Å². The van der Waals surface area contributed by atoms with Crippen molar-refractivity contribution in [3.8, 4) is 0 Å². The summed E-state index contributed by atoms with van der Waals surface area (Å²) in [5.41, 5.74) is 2.72. The van der Waals surface area contributed by atoms with Gasteiger partial charge in [-0.1, -0.05) is 61.7 Å². The fourth-order valence-corrected chi connectivity index (χ4v) is 5.72. The Morgan fingerprint density at radius 2 is 1.72 bits per heavy atom. The zero-order chi connectivity index (χ0) is 25.4. The van der Waals surface area contributed by atoms with Crippen molar-refractivity contribution >= 4 is 34.3 Å². The summed E-state index contributed by atoms with van der Waals surface area (Å²) in [4.78, 5) is 42.1. The van der Waals surface area contributed by atoms with Gasteiger partial charge in [0.05, 0.1) is 17.7 Å². The van der Waals surface area contributed by atoms with Crippen LogP contribution in [0.4, 0.5) is 5.69 Å². The Labute approximate surface area is 211 Å². The van der Waals surface area contributed by atoms with Gasteiger partial charge in [-0.3, -0.25) is 14.4 Å². The molecule has 2 N–H and O–H groups in total. The number of nitrogens with zero attached hydrogens (tertiary/aromatic N) is 2. The molecule has 7 heteroatoms. The summed E-state index contributed by atoms with van der Waals surface area (Å²) in [5.74, 6) is -0.623. The van der Waals surface area contributed by atoms with Gasteiger partial charge in [0.1, 0.15) is 11.2 Å². The van der Waals surface area contributed by atoms with E-state index in [2.05, 4.69) is 10.6 Å². The number of aryl methyl sites for hydroxylation is 1. The van der Waals surface area contributed by atoms with Crippen LogP contribution in [0.15, 0.2) is 48.5 Å². The highest BCUT2D eigenvalue weighted by atomic mass is 16.2. The molecular weight excluding hydrogens is 452 g/mol. The molecule has 3 aromatic rings. The highest BCUT2D eigenvalue weighted by molar-refractivity contribution is 6.14. The molecule has 1 saturated carbocycles. The molecule has 0 spiro atoms. The minimum absolute atomic E-state index is 0.124. The van der Waals surface area contributed by atoms with Crippen molar-refractivity contribution < 1.29 is 14.4 Å². The normalized spacial score (nSPS) is 20.3. The van der Waals surface area contributed by atoms with Gasteiger partial charge in [0.25, 0.3) is 5.91 Å². The Balaban J connectivity index is 1.63. The van der Waals surface area contributed by atoms with E-state index < -0.39 is 5.54 Å². The summed E-state index contributed by atoms with van der Waals surface area (Å²) in [7, 11) is 0. The second-order valence-corrected chi connectivity index (χ2v) is 10.4. The van der Waals surface area contributed by atoms with Crippen molar-refractivity contribution in [2.24, 2.45) is 0 Å². The third-order valence-electron chi connectivity index (χ3n) is 7.80. The van der Waals surface area contributed by atoms with Gasteiger partial charge in [0.2, 0.25) is 11.8 Å². The fraction of sp³-hybridized carbons (Fsp3) is 0.414. The minimum Gasteiger partial charge on any atom is -0.351 e. The average molecular weight is 487 g/mol. The lowest BCUT2D eigenvalue weighted by molar-refractivity contribution is -0.134. The van der Waals surface area contributed by atoms with E-state index >= 15 is 0 Å². The van der Waals surface area contributed by atoms with E-state index in [4.69, 9.17) is 0 Å². The first kappa shape index (κ1) is 24.1. The number of anilines is 1. The smallest absolute Gasteiger partial charge is 0.273 e. The van der Waals surface area contributed by atoms with Crippen LogP contribution in [0, 0.1) is 6.92 Å². The second-order valence-electron chi connectivity index (χ2n) is 10.4. The van der Waals surface area contributed by atoms with Crippen molar-refractivity contribution in [2.45, 2.75) is 77.5 Å². The van der Waals surface area contributed by atoms with Crippen molar-refractivity contribution in [1.82, 2.24) is 14.8 Å². The zero-order valence-electron chi connectivity index (χ0n) is 21.3. The topological polar surface area (TPSA) is 83.4 Å². The Bertz CT molecular complexity index is 1340. The molecule has 0 unspecified atom stereocenters. The van der Waals surface area contributed by atoms with Crippen molar-refractivity contribution in [2.75, 3.05) is 5.32 Å². The predicted molar refractivity (Wildman–Crippen MR) is 141 cm³/mol. The van der Waals surface area contributed by atoms with Crippen LogP contribution in [0.3, 0.4) is 0 Å². The number of carbonyl (C=O) groups excluding carboxylic acids is 3. The molecule has 188 valence electrons. The van der Waals surface area contributed by atoms with E-state index in [1.54, 1.807) is 4.90 Å². The lowest BCUT2D eigenvalue weighted by Crippen LogP contribution is -2.64. The van der Waals surface area contributed by atoms with Gasteiger partial charge in [0, 0.05) is 24.9 Å². The number of fused-ring (bicyclic) bond motifs is 3. The molecule has 7 nitrogen and oxygen atoms in total. The first-order valence-electron chi connectivity index (χ1n) is 12.9. The summed E-state index contributed by atoms with van der Waals surface area (Å²) in [5, 5.41) is 6.97. The molecular formula is C29H34N4O3. The van der Waals surface area contributed by atoms with Gasteiger partial charge >= 0.3 is 0 Å². The van der Waals surface area contributed by atoms with E-state index in [0.29, 0.717) is 24.5 Å². The van der Waals surface area contributed by atoms with Crippen LogP contribution in [-0.2, 0) is 22.7 Å². The van der Waals surface area contributed by atoms with Crippen LogP contribution in [0.2, 0.25) is 0 Å². The van der Waals surface area contributed by atoms with Crippen molar-refractivity contribution in [1.29, 1.82) is 0 Å². The third kappa shape index (κ3) is 4.16.